The largest absolute Gasteiger partial charge is 0.301 e. The van der Waals surface area contributed by atoms with E-state index in [1.165, 1.54) is 11.1 Å². The van der Waals surface area contributed by atoms with Crippen molar-refractivity contribution in [1.82, 2.24) is 9.88 Å². The van der Waals surface area contributed by atoms with Crippen molar-refractivity contribution in [3.63, 3.8) is 0 Å². The number of hydrogen-bond acceptors (Lipinski definition) is 2. The van der Waals surface area contributed by atoms with Gasteiger partial charge in [-0.05, 0) is 47.3 Å². The molecule has 2 nitrogen and oxygen atoms in total. The van der Waals surface area contributed by atoms with Gasteiger partial charge in [-0.1, -0.05) is 110 Å². The van der Waals surface area contributed by atoms with Crippen LogP contribution in [0.1, 0.15) is 12.5 Å². The Bertz CT molecular complexity index is 1030. The maximum Gasteiger partial charge on any atom is 0.129 e. The first kappa shape index (κ1) is 20.4. The number of nitrogens with one attached hydrogen (secondary N) is 1. The highest BCUT2D eigenvalue weighted by molar-refractivity contribution is 6.76. The SMILES string of the molecule is C[C@@H]1NC2C(c3ccccc3)=CC=C[C@H]2N1[Si](C)(C)C1C2C=CC=CC2C2C=CC=CC21. The van der Waals surface area contributed by atoms with Crippen molar-refractivity contribution in [2.24, 2.45) is 23.7 Å². The van der Waals surface area contributed by atoms with Gasteiger partial charge < -0.3 is 4.57 Å². The number of hydrogen-bond donors (Lipinski definition) is 1. The summed E-state index contributed by atoms with van der Waals surface area (Å²) in [5.41, 5.74) is 3.48. The first-order valence-electron chi connectivity index (χ1n) is 12.3. The second-order valence-electron chi connectivity index (χ2n) is 10.6. The third-order valence-electron chi connectivity index (χ3n) is 8.73. The van der Waals surface area contributed by atoms with E-state index in [0.717, 1.165) is 0 Å². The lowest BCUT2D eigenvalue weighted by Crippen LogP contribution is -2.59. The molecule has 1 N–H and O–H groups in total. The molecule has 4 aliphatic carbocycles. The molecular weight excluding hydrogens is 404 g/mol. The Kier molecular flexibility index (Phi) is 4.90. The minimum atomic E-state index is -1.83. The molecule has 32 heavy (non-hydrogen) atoms. The van der Waals surface area contributed by atoms with Crippen LogP contribution in [0.15, 0.2) is 97.2 Å². The molecule has 0 radical (unpaired) electrons. The van der Waals surface area contributed by atoms with E-state index in [1.807, 2.05) is 0 Å². The van der Waals surface area contributed by atoms with Gasteiger partial charge in [-0.25, -0.2) is 0 Å². The van der Waals surface area contributed by atoms with Crippen LogP contribution < -0.4 is 5.32 Å². The summed E-state index contributed by atoms with van der Waals surface area (Å²) in [4.78, 5) is 0. The quantitative estimate of drug-likeness (QED) is 0.588. The molecule has 0 bridgehead atoms. The number of allylic oxidation sites excluding steroid dienone is 10. The smallest absolute Gasteiger partial charge is 0.129 e. The standard InChI is InChI=1S/C29H34N2Si/c1-20-30-28-22(21-12-5-4-6-13-21)18-11-19-27(28)31(20)32(2,3)29-25-16-9-7-14-23(25)24-15-8-10-17-26(24)29/h4-20,23-30H,1-3H3/t20-,23?,24?,25?,26?,27-,28?,29?/m1/s1. The van der Waals surface area contributed by atoms with Crippen LogP contribution in [0, 0.1) is 23.7 Å². The van der Waals surface area contributed by atoms with Gasteiger partial charge in [0.05, 0.1) is 12.2 Å². The van der Waals surface area contributed by atoms with Crippen LogP contribution in [0.25, 0.3) is 5.57 Å². The molecule has 3 heteroatoms. The van der Waals surface area contributed by atoms with E-state index < -0.39 is 8.24 Å². The Morgan fingerprint density at radius 3 is 1.97 bits per heavy atom. The zero-order valence-corrected chi connectivity index (χ0v) is 20.3. The zero-order valence-electron chi connectivity index (χ0n) is 19.3. The van der Waals surface area contributed by atoms with Gasteiger partial charge in [0.25, 0.3) is 0 Å². The highest BCUT2D eigenvalue weighted by Crippen LogP contribution is 2.59. The molecule has 6 rings (SSSR count). The number of benzene rings is 1. The van der Waals surface area contributed by atoms with Crippen molar-refractivity contribution in [3.05, 3.63) is 103 Å². The Labute approximate surface area is 193 Å². The summed E-state index contributed by atoms with van der Waals surface area (Å²) in [6.07, 6.45) is 26.6. The molecule has 0 amide bonds. The van der Waals surface area contributed by atoms with Gasteiger partial charge >= 0.3 is 0 Å². The molecule has 1 aromatic carbocycles. The van der Waals surface area contributed by atoms with E-state index in [4.69, 9.17) is 0 Å². The van der Waals surface area contributed by atoms with Crippen LogP contribution in [0.3, 0.4) is 0 Å². The fraction of sp³-hybridized carbons (Fsp3) is 0.379. The summed E-state index contributed by atoms with van der Waals surface area (Å²) >= 11 is 0. The zero-order chi connectivity index (χ0) is 21.9. The van der Waals surface area contributed by atoms with Crippen molar-refractivity contribution in [3.8, 4) is 0 Å². The number of nitrogens with zero attached hydrogens (tertiary/aromatic N) is 1. The summed E-state index contributed by atoms with van der Waals surface area (Å²) in [7, 11) is -1.83. The molecule has 1 aromatic rings. The maximum atomic E-state index is 4.01. The summed E-state index contributed by atoms with van der Waals surface area (Å²) in [6, 6.07) is 11.7. The average molecular weight is 439 g/mol. The van der Waals surface area contributed by atoms with Gasteiger partial charge in [-0.2, -0.15) is 0 Å². The van der Waals surface area contributed by atoms with E-state index in [0.29, 0.717) is 47.5 Å². The normalized spacial score (nSPS) is 39.7. The third-order valence-corrected chi connectivity index (χ3v) is 13.1. The molecule has 164 valence electrons. The van der Waals surface area contributed by atoms with Gasteiger partial charge in [0.2, 0.25) is 0 Å². The van der Waals surface area contributed by atoms with Crippen molar-refractivity contribution in [1.29, 1.82) is 0 Å². The molecule has 2 fully saturated rings. The van der Waals surface area contributed by atoms with E-state index in [9.17, 15) is 0 Å². The Morgan fingerprint density at radius 1 is 0.750 bits per heavy atom. The lowest BCUT2D eigenvalue weighted by atomic mass is 9.83. The topological polar surface area (TPSA) is 15.3 Å². The first-order valence-corrected chi connectivity index (χ1v) is 15.3. The van der Waals surface area contributed by atoms with E-state index in [-0.39, 0.29) is 0 Å². The third kappa shape index (κ3) is 2.98. The van der Waals surface area contributed by atoms with E-state index in [2.05, 4.69) is 127 Å². The highest BCUT2D eigenvalue weighted by atomic mass is 28.3. The van der Waals surface area contributed by atoms with Crippen LogP contribution in [-0.2, 0) is 0 Å². The van der Waals surface area contributed by atoms with Crippen molar-refractivity contribution in [2.75, 3.05) is 0 Å². The van der Waals surface area contributed by atoms with Crippen LogP contribution in [-0.4, -0.2) is 31.1 Å². The van der Waals surface area contributed by atoms with Gasteiger partial charge in [-0.3, -0.25) is 5.32 Å². The molecule has 0 spiro atoms. The molecule has 0 aromatic heterocycles. The first-order chi connectivity index (χ1) is 15.6. The van der Waals surface area contributed by atoms with Crippen molar-refractivity contribution in [2.45, 2.75) is 43.8 Å². The predicted octanol–water partition coefficient (Wildman–Crippen LogP) is 5.93. The lowest BCUT2D eigenvalue weighted by molar-refractivity contribution is 0.338. The fourth-order valence-corrected chi connectivity index (χ4v) is 12.6. The van der Waals surface area contributed by atoms with Crippen LogP contribution in [0.2, 0.25) is 18.6 Å². The maximum absolute atomic E-state index is 4.01. The molecule has 5 aliphatic rings. The second kappa shape index (κ2) is 7.69. The molecule has 1 aliphatic heterocycles. The molecule has 1 saturated heterocycles. The van der Waals surface area contributed by atoms with Crippen molar-refractivity contribution >= 4 is 13.8 Å². The molecule has 1 saturated carbocycles. The summed E-state index contributed by atoms with van der Waals surface area (Å²) in [5, 5.41) is 4.01. The summed E-state index contributed by atoms with van der Waals surface area (Å²) in [6.45, 7) is 7.68. The van der Waals surface area contributed by atoms with Crippen LogP contribution in [0.5, 0.6) is 0 Å². The van der Waals surface area contributed by atoms with Gasteiger partial charge in [0, 0.05) is 6.04 Å². The van der Waals surface area contributed by atoms with Crippen LogP contribution in [0.4, 0.5) is 0 Å². The molecular formula is C29H34N2Si. The lowest BCUT2D eigenvalue weighted by Gasteiger charge is -2.48. The van der Waals surface area contributed by atoms with E-state index >= 15 is 0 Å². The number of rotatable bonds is 3. The number of fused-ring (bicyclic) bond motifs is 4. The van der Waals surface area contributed by atoms with Gasteiger partial charge in [-0.15, -0.1) is 0 Å². The van der Waals surface area contributed by atoms with Gasteiger partial charge in [0.15, 0.2) is 0 Å². The fourth-order valence-electron chi connectivity index (χ4n) is 7.64. The van der Waals surface area contributed by atoms with Crippen LogP contribution >= 0.6 is 0 Å². The summed E-state index contributed by atoms with van der Waals surface area (Å²) < 4.78 is 2.92. The Balaban J connectivity index is 1.37. The Morgan fingerprint density at radius 2 is 1.34 bits per heavy atom. The monoisotopic (exact) mass is 438 g/mol. The summed E-state index contributed by atoms with van der Waals surface area (Å²) in [5.74, 6) is 2.58. The molecule has 1 heterocycles. The predicted molar refractivity (Wildman–Crippen MR) is 137 cm³/mol. The minimum Gasteiger partial charge on any atom is -0.301 e. The molecule has 7 atom stereocenters. The van der Waals surface area contributed by atoms with E-state index in [1.54, 1.807) is 0 Å². The highest BCUT2D eigenvalue weighted by Gasteiger charge is 2.58. The second-order valence-corrected chi connectivity index (χ2v) is 15.1. The Hall–Kier alpha value is -2.20. The van der Waals surface area contributed by atoms with Crippen molar-refractivity contribution < 1.29 is 0 Å². The average Bonchev–Trinajstić information content (AvgIpc) is 3.34. The van der Waals surface area contributed by atoms with Gasteiger partial charge in [0.1, 0.15) is 8.24 Å². The molecule has 5 unspecified atom stereocenters. The minimum absolute atomic E-state index is 0.362.